The molecule has 0 spiro atoms. The van der Waals surface area contributed by atoms with Crippen molar-refractivity contribution in [3.8, 4) is 5.75 Å². The number of nitrogens with one attached hydrogen (secondary N) is 1. The second-order valence-electron chi connectivity index (χ2n) is 5.10. The summed E-state index contributed by atoms with van der Waals surface area (Å²) in [5.74, 6) is -1.06. The van der Waals surface area contributed by atoms with Crippen molar-refractivity contribution in [2.75, 3.05) is 19.8 Å². The van der Waals surface area contributed by atoms with E-state index >= 15 is 0 Å². The van der Waals surface area contributed by atoms with E-state index in [4.69, 9.17) is 37.8 Å². The third kappa shape index (κ3) is 4.76. The number of benzene rings is 1. The molecule has 2 rings (SSSR count). The third-order valence-corrected chi connectivity index (χ3v) is 3.64. The Morgan fingerprint density at radius 3 is 2.55 bits per heavy atom. The summed E-state index contributed by atoms with van der Waals surface area (Å²) in [6.07, 6.45) is 0.260. The lowest BCUT2D eigenvalue weighted by Gasteiger charge is -2.26. The Morgan fingerprint density at radius 2 is 2.00 bits per heavy atom. The Hall–Kier alpha value is -1.50. The fraction of sp³-hybridized carbons (Fsp3) is 0.429. The standard InChI is InChI=1S/C14H15Cl2NO5/c15-9-3-10(16)5-11(4-9)22-7-12(18)17-14(6-13(19)20)1-2-21-8-14/h3-5H,1-2,6-8H2,(H,17,18)(H,19,20). The van der Waals surface area contributed by atoms with E-state index in [1.54, 1.807) is 6.07 Å². The molecule has 0 bridgehead atoms. The van der Waals surface area contributed by atoms with Gasteiger partial charge in [0, 0.05) is 16.7 Å². The Bertz CT molecular complexity index is 552. The molecule has 1 heterocycles. The Kier molecular flexibility index (Phi) is 5.50. The largest absolute Gasteiger partial charge is 0.484 e. The maximum Gasteiger partial charge on any atom is 0.305 e. The molecule has 6 nitrogen and oxygen atoms in total. The summed E-state index contributed by atoms with van der Waals surface area (Å²) in [6.45, 7) is 0.324. The molecule has 0 aliphatic carbocycles. The predicted octanol–water partition coefficient (Wildman–Crippen LogP) is 2.12. The highest BCUT2D eigenvalue weighted by molar-refractivity contribution is 6.34. The number of carboxylic acid groups (broad SMARTS) is 1. The van der Waals surface area contributed by atoms with E-state index in [-0.39, 0.29) is 19.6 Å². The van der Waals surface area contributed by atoms with Gasteiger partial charge in [-0.1, -0.05) is 23.2 Å². The highest BCUT2D eigenvalue weighted by Crippen LogP contribution is 2.25. The van der Waals surface area contributed by atoms with Crippen LogP contribution in [0.4, 0.5) is 0 Å². The number of amides is 1. The van der Waals surface area contributed by atoms with Gasteiger partial charge in [-0.05, 0) is 24.6 Å². The molecule has 120 valence electrons. The first-order valence-corrected chi connectivity index (χ1v) is 7.34. The molecule has 0 aromatic heterocycles. The number of hydrogen-bond acceptors (Lipinski definition) is 4. The molecule has 1 aromatic rings. The summed E-state index contributed by atoms with van der Waals surface area (Å²) in [4.78, 5) is 22.9. The van der Waals surface area contributed by atoms with Crippen molar-refractivity contribution < 1.29 is 24.2 Å². The van der Waals surface area contributed by atoms with Gasteiger partial charge in [0.1, 0.15) is 5.75 Å². The second kappa shape index (κ2) is 7.17. The number of halogens is 2. The molecular formula is C14H15Cl2NO5. The summed E-state index contributed by atoms with van der Waals surface area (Å²) >= 11 is 11.7. The molecule has 1 saturated heterocycles. The number of carbonyl (C=O) groups is 2. The third-order valence-electron chi connectivity index (χ3n) is 3.20. The van der Waals surface area contributed by atoms with Crippen molar-refractivity contribution in [1.29, 1.82) is 0 Å². The van der Waals surface area contributed by atoms with Gasteiger partial charge in [0.15, 0.2) is 6.61 Å². The summed E-state index contributed by atoms with van der Waals surface area (Å²) in [5, 5.41) is 12.4. The van der Waals surface area contributed by atoms with Gasteiger partial charge in [0.25, 0.3) is 5.91 Å². The lowest BCUT2D eigenvalue weighted by molar-refractivity contribution is -0.139. The summed E-state index contributed by atoms with van der Waals surface area (Å²) < 4.78 is 10.5. The monoisotopic (exact) mass is 347 g/mol. The van der Waals surface area contributed by atoms with E-state index in [9.17, 15) is 9.59 Å². The molecule has 1 amide bonds. The molecule has 8 heteroatoms. The van der Waals surface area contributed by atoms with Gasteiger partial charge in [-0.25, -0.2) is 0 Å². The van der Waals surface area contributed by atoms with Crippen molar-refractivity contribution in [3.63, 3.8) is 0 Å². The molecular weight excluding hydrogens is 333 g/mol. The molecule has 22 heavy (non-hydrogen) atoms. The number of hydrogen-bond donors (Lipinski definition) is 2. The van der Waals surface area contributed by atoms with Gasteiger partial charge in [0.2, 0.25) is 0 Å². The topological polar surface area (TPSA) is 84.9 Å². The molecule has 1 aliphatic heterocycles. The van der Waals surface area contributed by atoms with Crippen molar-refractivity contribution in [3.05, 3.63) is 28.2 Å². The van der Waals surface area contributed by atoms with Crippen molar-refractivity contribution >= 4 is 35.1 Å². The first-order valence-electron chi connectivity index (χ1n) is 6.58. The van der Waals surface area contributed by atoms with Crippen LogP contribution in [0.2, 0.25) is 10.0 Å². The van der Waals surface area contributed by atoms with Gasteiger partial charge in [-0.15, -0.1) is 0 Å². The predicted molar refractivity (Wildman–Crippen MR) is 80.5 cm³/mol. The zero-order valence-electron chi connectivity index (χ0n) is 11.6. The molecule has 1 fully saturated rings. The van der Waals surface area contributed by atoms with Crippen LogP contribution in [0.25, 0.3) is 0 Å². The van der Waals surface area contributed by atoms with E-state index in [0.717, 1.165) is 0 Å². The zero-order chi connectivity index (χ0) is 16.2. The maximum atomic E-state index is 12.0. The van der Waals surface area contributed by atoms with Crippen LogP contribution in [-0.4, -0.2) is 42.3 Å². The quantitative estimate of drug-likeness (QED) is 0.823. The normalized spacial score (nSPS) is 20.6. The van der Waals surface area contributed by atoms with Crippen LogP contribution in [0, 0.1) is 0 Å². The lowest BCUT2D eigenvalue weighted by Crippen LogP contribution is -2.51. The van der Waals surface area contributed by atoms with Crippen LogP contribution in [-0.2, 0) is 14.3 Å². The fourth-order valence-corrected chi connectivity index (χ4v) is 2.78. The van der Waals surface area contributed by atoms with Crippen molar-refractivity contribution in [2.24, 2.45) is 0 Å². The molecule has 1 unspecified atom stereocenters. The fourth-order valence-electron chi connectivity index (χ4n) is 2.27. The maximum absolute atomic E-state index is 12.0. The van der Waals surface area contributed by atoms with E-state index < -0.39 is 17.4 Å². The Labute approximate surface area is 137 Å². The summed E-state index contributed by atoms with van der Waals surface area (Å²) in [5.41, 5.74) is -0.877. The Balaban J connectivity index is 1.92. The molecule has 0 saturated carbocycles. The van der Waals surface area contributed by atoms with Gasteiger partial charge in [-0.3, -0.25) is 9.59 Å². The first-order chi connectivity index (χ1) is 10.4. The molecule has 1 atom stereocenters. The highest BCUT2D eigenvalue weighted by atomic mass is 35.5. The first kappa shape index (κ1) is 16.9. The van der Waals surface area contributed by atoms with Crippen LogP contribution in [0.1, 0.15) is 12.8 Å². The molecule has 1 aromatic carbocycles. The van der Waals surface area contributed by atoms with Crippen LogP contribution in [0.3, 0.4) is 0 Å². The summed E-state index contributed by atoms with van der Waals surface area (Å²) in [7, 11) is 0. The van der Waals surface area contributed by atoms with Gasteiger partial charge >= 0.3 is 5.97 Å². The van der Waals surface area contributed by atoms with Crippen molar-refractivity contribution in [2.45, 2.75) is 18.4 Å². The van der Waals surface area contributed by atoms with Crippen LogP contribution in [0.15, 0.2) is 18.2 Å². The molecule has 2 N–H and O–H groups in total. The van der Waals surface area contributed by atoms with E-state index in [2.05, 4.69) is 5.32 Å². The number of aliphatic carboxylic acids is 1. The highest BCUT2D eigenvalue weighted by Gasteiger charge is 2.38. The Morgan fingerprint density at radius 1 is 1.32 bits per heavy atom. The van der Waals surface area contributed by atoms with Crippen LogP contribution < -0.4 is 10.1 Å². The molecule has 0 radical (unpaired) electrons. The SMILES string of the molecule is O=C(O)CC1(NC(=O)COc2cc(Cl)cc(Cl)c2)CCOC1. The van der Waals surface area contributed by atoms with Gasteiger partial charge < -0.3 is 19.9 Å². The van der Waals surface area contributed by atoms with Crippen LogP contribution >= 0.6 is 23.2 Å². The van der Waals surface area contributed by atoms with Crippen LogP contribution in [0.5, 0.6) is 5.75 Å². The lowest BCUT2D eigenvalue weighted by atomic mass is 9.94. The smallest absolute Gasteiger partial charge is 0.305 e. The second-order valence-corrected chi connectivity index (χ2v) is 5.97. The minimum absolute atomic E-state index is 0.175. The van der Waals surface area contributed by atoms with Gasteiger partial charge in [-0.2, -0.15) is 0 Å². The average molecular weight is 348 g/mol. The summed E-state index contributed by atoms with van der Waals surface area (Å²) in [6, 6.07) is 4.62. The molecule has 1 aliphatic rings. The minimum atomic E-state index is -0.992. The minimum Gasteiger partial charge on any atom is -0.484 e. The van der Waals surface area contributed by atoms with E-state index in [1.807, 2.05) is 0 Å². The average Bonchev–Trinajstić information content (AvgIpc) is 2.82. The number of ether oxygens (including phenoxy) is 2. The number of carboxylic acids is 1. The number of carbonyl (C=O) groups excluding carboxylic acids is 1. The van der Waals surface area contributed by atoms with E-state index in [0.29, 0.717) is 28.8 Å². The zero-order valence-corrected chi connectivity index (χ0v) is 13.1. The van der Waals surface area contributed by atoms with Crippen molar-refractivity contribution in [1.82, 2.24) is 5.32 Å². The van der Waals surface area contributed by atoms with Gasteiger partial charge in [0.05, 0.1) is 18.6 Å². The van der Waals surface area contributed by atoms with E-state index in [1.165, 1.54) is 12.1 Å². The number of rotatable bonds is 6.